The van der Waals surface area contributed by atoms with E-state index in [1.807, 2.05) is 13.8 Å². The monoisotopic (exact) mass is 250 g/mol. The fourth-order valence-corrected chi connectivity index (χ4v) is 3.23. The maximum atomic E-state index is 11.9. The molecule has 0 bridgehead atoms. The number of hydrogen-bond acceptors (Lipinski definition) is 4. The van der Waals surface area contributed by atoms with E-state index in [9.17, 15) is 13.2 Å². The Labute approximate surface area is 98.3 Å². The first-order chi connectivity index (χ1) is 7.22. The summed E-state index contributed by atoms with van der Waals surface area (Å²) in [5.41, 5.74) is 0. The number of ether oxygens (including phenoxy) is 1. The van der Waals surface area contributed by atoms with Gasteiger partial charge in [0, 0.05) is 0 Å². The van der Waals surface area contributed by atoms with Gasteiger partial charge in [0.15, 0.2) is 9.84 Å². The summed E-state index contributed by atoms with van der Waals surface area (Å²) in [6.45, 7) is 8.97. The van der Waals surface area contributed by atoms with Gasteiger partial charge in [-0.05, 0) is 19.8 Å². The minimum atomic E-state index is -3.22. The van der Waals surface area contributed by atoms with E-state index in [4.69, 9.17) is 4.74 Å². The van der Waals surface area contributed by atoms with Crippen LogP contribution in [0.3, 0.4) is 0 Å². The topological polar surface area (TPSA) is 60.4 Å². The summed E-state index contributed by atoms with van der Waals surface area (Å²) in [5.74, 6) is -1.11. The Balaban J connectivity index is 4.54. The molecule has 96 valence electrons. The van der Waals surface area contributed by atoms with E-state index in [1.165, 1.54) is 0 Å². The van der Waals surface area contributed by atoms with Crippen molar-refractivity contribution in [2.45, 2.75) is 39.9 Å². The summed E-state index contributed by atoms with van der Waals surface area (Å²) >= 11 is 0. The molecule has 0 aliphatic rings. The van der Waals surface area contributed by atoms with Gasteiger partial charge < -0.3 is 4.74 Å². The number of hydrogen-bond donors (Lipinski definition) is 0. The first-order valence-corrected chi connectivity index (χ1v) is 7.32. The fraction of sp³-hybridized carbons (Fsp3) is 0.909. The Kier molecular flexibility index (Phi) is 6.00. The van der Waals surface area contributed by atoms with Crippen molar-refractivity contribution in [1.82, 2.24) is 0 Å². The van der Waals surface area contributed by atoms with Gasteiger partial charge in [-0.1, -0.05) is 20.8 Å². The van der Waals surface area contributed by atoms with Crippen LogP contribution in [0.15, 0.2) is 0 Å². The summed E-state index contributed by atoms with van der Waals surface area (Å²) in [7, 11) is -3.22. The predicted molar refractivity (Wildman–Crippen MR) is 63.9 cm³/mol. The second-order valence-corrected chi connectivity index (χ2v) is 6.83. The zero-order chi connectivity index (χ0) is 12.9. The van der Waals surface area contributed by atoms with Crippen LogP contribution in [-0.4, -0.2) is 32.0 Å². The molecule has 0 aromatic carbocycles. The molecule has 0 radical (unpaired) electrons. The second-order valence-electron chi connectivity index (χ2n) is 4.43. The summed E-state index contributed by atoms with van der Waals surface area (Å²) < 4.78 is 28.6. The largest absolute Gasteiger partial charge is 0.466 e. The van der Waals surface area contributed by atoms with E-state index < -0.39 is 27.0 Å². The van der Waals surface area contributed by atoms with Crippen LogP contribution in [-0.2, 0) is 19.4 Å². The first-order valence-electron chi connectivity index (χ1n) is 5.60. The van der Waals surface area contributed by atoms with Gasteiger partial charge in [0.1, 0.15) is 0 Å². The van der Waals surface area contributed by atoms with Crippen LogP contribution in [0.5, 0.6) is 0 Å². The minimum Gasteiger partial charge on any atom is -0.466 e. The van der Waals surface area contributed by atoms with Gasteiger partial charge in [-0.25, -0.2) is 8.42 Å². The SMILES string of the molecule is CCOC(=O)C(C)CS(=O)(=O)C(C)C(C)C. The Morgan fingerprint density at radius 2 is 1.69 bits per heavy atom. The van der Waals surface area contributed by atoms with Gasteiger partial charge >= 0.3 is 5.97 Å². The molecule has 0 spiro atoms. The van der Waals surface area contributed by atoms with Gasteiger partial charge in [0.05, 0.1) is 23.5 Å². The Hall–Kier alpha value is -0.580. The lowest BCUT2D eigenvalue weighted by molar-refractivity contribution is -0.146. The zero-order valence-corrected chi connectivity index (χ0v) is 11.5. The third kappa shape index (κ3) is 4.51. The maximum Gasteiger partial charge on any atom is 0.309 e. The number of carbonyl (C=O) groups is 1. The van der Waals surface area contributed by atoms with Crippen LogP contribution in [0.4, 0.5) is 0 Å². The summed E-state index contributed by atoms with van der Waals surface area (Å²) in [4.78, 5) is 11.3. The molecular weight excluding hydrogens is 228 g/mol. The molecule has 4 nitrogen and oxygen atoms in total. The van der Waals surface area contributed by atoms with Crippen molar-refractivity contribution in [3.05, 3.63) is 0 Å². The van der Waals surface area contributed by atoms with E-state index in [0.717, 1.165) is 0 Å². The lowest BCUT2D eigenvalue weighted by Gasteiger charge is -2.18. The maximum absolute atomic E-state index is 11.9. The minimum absolute atomic E-state index is 0.0550. The summed E-state index contributed by atoms with van der Waals surface area (Å²) in [6, 6.07) is 0. The number of esters is 1. The van der Waals surface area contributed by atoms with Crippen LogP contribution in [0, 0.1) is 11.8 Å². The van der Waals surface area contributed by atoms with Crippen LogP contribution in [0.25, 0.3) is 0 Å². The highest BCUT2D eigenvalue weighted by molar-refractivity contribution is 7.92. The van der Waals surface area contributed by atoms with Gasteiger partial charge in [-0.2, -0.15) is 0 Å². The number of sulfone groups is 1. The smallest absolute Gasteiger partial charge is 0.309 e. The van der Waals surface area contributed by atoms with Gasteiger partial charge in [-0.15, -0.1) is 0 Å². The molecular formula is C11H22O4S. The van der Waals surface area contributed by atoms with E-state index in [1.54, 1.807) is 20.8 Å². The Morgan fingerprint density at radius 1 is 1.19 bits per heavy atom. The summed E-state index contributed by atoms with van der Waals surface area (Å²) in [5, 5.41) is -0.427. The van der Waals surface area contributed by atoms with Crippen molar-refractivity contribution in [3.63, 3.8) is 0 Å². The van der Waals surface area contributed by atoms with Crippen LogP contribution < -0.4 is 0 Å². The molecule has 0 saturated carbocycles. The first kappa shape index (κ1) is 15.4. The molecule has 5 heteroatoms. The third-order valence-corrected chi connectivity index (χ3v) is 5.32. The molecule has 0 N–H and O–H groups in total. The lowest BCUT2D eigenvalue weighted by atomic mass is 10.2. The van der Waals surface area contributed by atoms with Gasteiger partial charge in [0.25, 0.3) is 0 Å². The average Bonchev–Trinajstić information content (AvgIpc) is 2.16. The highest BCUT2D eigenvalue weighted by Gasteiger charge is 2.29. The lowest BCUT2D eigenvalue weighted by Crippen LogP contribution is -2.31. The standard InChI is InChI=1S/C11H22O4S/c1-6-15-11(12)9(4)7-16(13,14)10(5)8(2)3/h8-10H,6-7H2,1-5H3. The molecule has 0 aliphatic heterocycles. The van der Waals surface area contributed by atoms with Crippen molar-refractivity contribution in [3.8, 4) is 0 Å². The van der Waals surface area contributed by atoms with E-state index >= 15 is 0 Å². The van der Waals surface area contributed by atoms with E-state index in [0.29, 0.717) is 0 Å². The quantitative estimate of drug-likeness (QED) is 0.672. The van der Waals surface area contributed by atoms with Crippen molar-refractivity contribution in [1.29, 1.82) is 0 Å². The Morgan fingerprint density at radius 3 is 2.06 bits per heavy atom. The molecule has 2 atom stereocenters. The molecule has 0 rings (SSSR count). The molecule has 0 saturated heterocycles. The van der Waals surface area contributed by atoms with Crippen molar-refractivity contribution >= 4 is 15.8 Å². The van der Waals surface area contributed by atoms with Crippen LogP contribution in [0.1, 0.15) is 34.6 Å². The molecule has 2 unspecified atom stereocenters. The molecule has 0 aromatic heterocycles. The molecule has 0 aliphatic carbocycles. The van der Waals surface area contributed by atoms with Gasteiger partial charge in [0.2, 0.25) is 0 Å². The molecule has 0 fully saturated rings. The van der Waals surface area contributed by atoms with Crippen molar-refractivity contribution in [2.75, 3.05) is 12.4 Å². The number of carbonyl (C=O) groups excluding carboxylic acids is 1. The fourth-order valence-electron chi connectivity index (χ4n) is 1.27. The van der Waals surface area contributed by atoms with Crippen LogP contribution in [0.2, 0.25) is 0 Å². The second kappa shape index (κ2) is 6.23. The van der Waals surface area contributed by atoms with Crippen molar-refractivity contribution < 1.29 is 17.9 Å². The third-order valence-electron chi connectivity index (χ3n) is 2.68. The van der Waals surface area contributed by atoms with Crippen LogP contribution >= 0.6 is 0 Å². The predicted octanol–water partition coefficient (Wildman–Crippen LogP) is 1.64. The Bertz CT molecular complexity index is 319. The van der Waals surface area contributed by atoms with Crippen molar-refractivity contribution in [2.24, 2.45) is 11.8 Å². The van der Waals surface area contributed by atoms with E-state index in [2.05, 4.69) is 0 Å². The van der Waals surface area contributed by atoms with Gasteiger partial charge in [-0.3, -0.25) is 4.79 Å². The highest BCUT2D eigenvalue weighted by atomic mass is 32.2. The number of rotatable bonds is 6. The normalized spacial score (nSPS) is 15.9. The summed E-state index contributed by atoms with van der Waals surface area (Å²) in [6.07, 6.45) is 0. The molecule has 0 aromatic rings. The molecule has 16 heavy (non-hydrogen) atoms. The average molecular weight is 250 g/mol. The highest BCUT2D eigenvalue weighted by Crippen LogP contribution is 2.16. The molecule has 0 heterocycles. The molecule has 0 amide bonds. The zero-order valence-electron chi connectivity index (χ0n) is 10.7. The van der Waals surface area contributed by atoms with E-state index in [-0.39, 0.29) is 18.3 Å².